The first-order valence-corrected chi connectivity index (χ1v) is 10.5. The quantitative estimate of drug-likeness (QED) is 0.282. The van der Waals surface area contributed by atoms with Crippen molar-refractivity contribution in [2.75, 3.05) is 20.1 Å². The third kappa shape index (κ3) is 4.43. The molecule has 6 nitrogen and oxygen atoms in total. The predicted octanol–water partition coefficient (Wildman–Crippen LogP) is 3.69. The Morgan fingerprint density at radius 3 is 2.73 bits per heavy atom. The summed E-state index contributed by atoms with van der Waals surface area (Å²) in [7, 11) is 1.81. The SMILES string of the molecule is CN=C(NCCCn1c(C)nc2ccccc21)NCCc1cccc2cccnc12. The number of benzene rings is 2. The van der Waals surface area contributed by atoms with Crippen LogP contribution >= 0.6 is 0 Å². The lowest BCUT2D eigenvalue weighted by molar-refractivity contribution is 0.624. The Balaban J connectivity index is 1.26. The lowest BCUT2D eigenvalue weighted by Crippen LogP contribution is -2.39. The van der Waals surface area contributed by atoms with Gasteiger partial charge in [0.05, 0.1) is 16.6 Å². The summed E-state index contributed by atoms with van der Waals surface area (Å²) < 4.78 is 2.28. The lowest BCUT2D eigenvalue weighted by atomic mass is 10.1. The summed E-state index contributed by atoms with van der Waals surface area (Å²) >= 11 is 0. The summed E-state index contributed by atoms with van der Waals surface area (Å²) in [5.41, 5.74) is 4.58. The van der Waals surface area contributed by atoms with Gasteiger partial charge in [-0.1, -0.05) is 36.4 Å². The molecule has 0 aliphatic heterocycles. The Morgan fingerprint density at radius 1 is 1.00 bits per heavy atom. The number of aromatic nitrogens is 3. The van der Waals surface area contributed by atoms with Crippen LogP contribution in [0, 0.1) is 6.92 Å². The van der Waals surface area contributed by atoms with Crippen molar-refractivity contribution in [2.24, 2.45) is 4.99 Å². The van der Waals surface area contributed by atoms with Crippen LogP contribution in [0.5, 0.6) is 0 Å². The van der Waals surface area contributed by atoms with E-state index in [1.807, 2.05) is 25.4 Å². The van der Waals surface area contributed by atoms with Crippen molar-refractivity contribution >= 4 is 27.9 Å². The van der Waals surface area contributed by atoms with Crippen molar-refractivity contribution in [1.29, 1.82) is 0 Å². The van der Waals surface area contributed by atoms with E-state index < -0.39 is 0 Å². The number of nitrogens with one attached hydrogen (secondary N) is 2. The van der Waals surface area contributed by atoms with Crippen molar-refractivity contribution in [3.63, 3.8) is 0 Å². The number of hydrogen-bond donors (Lipinski definition) is 2. The van der Waals surface area contributed by atoms with Crippen molar-refractivity contribution in [3.8, 4) is 0 Å². The Bertz CT molecular complexity index is 1160. The maximum Gasteiger partial charge on any atom is 0.190 e. The molecule has 0 radical (unpaired) electrons. The fraction of sp³-hybridized carbons (Fsp3) is 0.292. The molecule has 0 spiro atoms. The number of nitrogens with zero attached hydrogens (tertiary/aromatic N) is 4. The van der Waals surface area contributed by atoms with E-state index in [1.165, 1.54) is 16.5 Å². The van der Waals surface area contributed by atoms with E-state index in [2.05, 4.69) is 79.5 Å². The molecule has 2 N–H and O–H groups in total. The number of imidazole rings is 1. The first-order chi connectivity index (χ1) is 14.8. The number of aliphatic imine (C=N–C) groups is 1. The zero-order valence-corrected chi connectivity index (χ0v) is 17.6. The van der Waals surface area contributed by atoms with Gasteiger partial charge < -0.3 is 15.2 Å². The van der Waals surface area contributed by atoms with E-state index in [9.17, 15) is 0 Å². The number of aryl methyl sites for hydroxylation is 2. The molecule has 0 aliphatic rings. The summed E-state index contributed by atoms with van der Waals surface area (Å²) in [5, 5.41) is 8.00. The van der Waals surface area contributed by atoms with E-state index in [0.29, 0.717) is 0 Å². The summed E-state index contributed by atoms with van der Waals surface area (Å²) in [4.78, 5) is 13.5. The molecular formula is C24H28N6. The van der Waals surface area contributed by atoms with Crippen LogP contribution in [0.15, 0.2) is 65.8 Å². The molecule has 4 rings (SSSR count). The minimum atomic E-state index is 0.806. The third-order valence-corrected chi connectivity index (χ3v) is 5.32. The lowest BCUT2D eigenvalue weighted by Gasteiger charge is -2.13. The monoisotopic (exact) mass is 400 g/mol. The van der Waals surface area contributed by atoms with Gasteiger partial charge in [-0.2, -0.15) is 0 Å². The van der Waals surface area contributed by atoms with Gasteiger partial charge in [-0.15, -0.1) is 0 Å². The summed E-state index contributed by atoms with van der Waals surface area (Å²) in [6, 6.07) is 18.7. The molecule has 0 saturated carbocycles. The molecule has 0 saturated heterocycles. The Hall–Kier alpha value is -3.41. The van der Waals surface area contributed by atoms with Crippen molar-refractivity contribution < 1.29 is 0 Å². The van der Waals surface area contributed by atoms with Crippen LogP contribution in [0.2, 0.25) is 0 Å². The number of hydrogen-bond acceptors (Lipinski definition) is 3. The highest BCUT2D eigenvalue weighted by atomic mass is 15.2. The van der Waals surface area contributed by atoms with Crippen LogP contribution in [0.1, 0.15) is 17.8 Å². The molecule has 2 aromatic heterocycles. The molecule has 2 aromatic carbocycles. The fourth-order valence-corrected chi connectivity index (χ4v) is 3.83. The van der Waals surface area contributed by atoms with Crippen LogP contribution in [0.25, 0.3) is 21.9 Å². The number of guanidine groups is 1. The maximum absolute atomic E-state index is 4.64. The molecule has 0 unspecified atom stereocenters. The van der Waals surface area contributed by atoms with Gasteiger partial charge in [0.2, 0.25) is 0 Å². The first-order valence-electron chi connectivity index (χ1n) is 10.5. The molecule has 0 atom stereocenters. The van der Waals surface area contributed by atoms with Gasteiger partial charge in [0.1, 0.15) is 5.82 Å². The Labute approximate surface area is 177 Å². The van der Waals surface area contributed by atoms with Gasteiger partial charge in [-0.3, -0.25) is 9.98 Å². The molecule has 0 amide bonds. The number of fused-ring (bicyclic) bond motifs is 2. The topological polar surface area (TPSA) is 67.1 Å². The third-order valence-electron chi connectivity index (χ3n) is 5.32. The van der Waals surface area contributed by atoms with Gasteiger partial charge >= 0.3 is 0 Å². The van der Waals surface area contributed by atoms with Gasteiger partial charge in [-0.05, 0) is 43.5 Å². The van der Waals surface area contributed by atoms with E-state index in [1.54, 1.807) is 0 Å². The smallest absolute Gasteiger partial charge is 0.190 e. The summed E-state index contributed by atoms with van der Waals surface area (Å²) in [6.07, 6.45) is 3.75. The number of rotatable bonds is 7. The first kappa shape index (κ1) is 19.9. The van der Waals surface area contributed by atoms with Gasteiger partial charge in [0.15, 0.2) is 5.96 Å². The number of pyridine rings is 1. The van der Waals surface area contributed by atoms with Crippen molar-refractivity contribution in [2.45, 2.75) is 26.3 Å². The van der Waals surface area contributed by atoms with E-state index in [0.717, 1.165) is 55.3 Å². The second kappa shape index (κ2) is 9.39. The van der Waals surface area contributed by atoms with E-state index >= 15 is 0 Å². The Morgan fingerprint density at radius 2 is 1.83 bits per heavy atom. The average Bonchev–Trinajstić information content (AvgIpc) is 3.10. The maximum atomic E-state index is 4.64. The van der Waals surface area contributed by atoms with E-state index in [-0.39, 0.29) is 0 Å². The van der Waals surface area contributed by atoms with Gasteiger partial charge in [0, 0.05) is 38.3 Å². The second-order valence-electron chi connectivity index (χ2n) is 7.32. The molecular weight excluding hydrogens is 372 g/mol. The zero-order chi connectivity index (χ0) is 20.8. The summed E-state index contributed by atoms with van der Waals surface area (Å²) in [6.45, 7) is 4.65. The molecule has 0 bridgehead atoms. The molecule has 6 heteroatoms. The van der Waals surface area contributed by atoms with Gasteiger partial charge in [-0.25, -0.2) is 4.98 Å². The Kier molecular flexibility index (Phi) is 6.23. The fourth-order valence-electron chi connectivity index (χ4n) is 3.83. The van der Waals surface area contributed by atoms with Crippen LogP contribution < -0.4 is 10.6 Å². The number of para-hydroxylation sites is 3. The molecule has 4 aromatic rings. The highest BCUT2D eigenvalue weighted by Gasteiger charge is 2.06. The molecule has 2 heterocycles. The van der Waals surface area contributed by atoms with E-state index in [4.69, 9.17) is 0 Å². The van der Waals surface area contributed by atoms with Crippen LogP contribution in [0.3, 0.4) is 0 Å². The molecule has 30 heavy (non-hydrogen) atoms. The normalized spacial score (nSPS) is 11.9. The predicted molar refractivity (Wildman–Crippen MR) is 124 cm³/mol. The molecule has 154 valence electrons. The van der Waals surface area contributed by atoms with Gasteiger partial charge in [0.25, 0.3) is 0 Å². The van der Waals surface area contributed by atoms with Crippen LogP contribution in [-0.2, 0) is 13.0 Å². The highest BCUT2D eigenvalue weighted by molar-refractivity contribution is 5.82. The summed E-state index contributed by atoms with van der Waals surface area (Å²) in [5.74, 6) is 1.89. The van der Waals surface area contributed by atoms with Crippen molar-refractivity contribution in [1.82, 2.24) is 25.2 Å². The largest absolute Gasteiger partial charge is 0.356 e. The molecule has 0 fully saturated rings. The van der Waals surface area contributed by atoms with Crippen LogP contribution in [-0.4, -0.2) is 40.6 Å². The van der Waals surface area contributed by atoms with Crippen LogP contribution in [0.4, 0.5) is 0 Å². The average molecular weight is 401 g/mol. The van der Waals surface area contributed by atoms with Crippen molar-refractivity contribution in [3.05, 3.63) is 72.2 Å². The minimum Gasteiger partial charge on any atom is -0.356 e. The second-order valence-corrected chi connectivity index (χ2v) is 7.32. The molecule has 0 aliphatic carbocycles. The zero-order valence-electron chi connectivity index (χ0n) is 17.6. The minimum absolute atomic E-state index is 0.806. The standard InChI is InChI=1S/C24H28N6/c1-18-29-21-11-3-4-12-22(21)30(18)17-7-15-27-24(25-2)28-16-13-20-9-5-8-19-10-6-14-26-23(19)20/h3-6,8-12,14H,7,13,15-17H2,1-2H3,(H2,25,27,28). The highest BCUT2D eigenvalue weighted by Crippen LogP contribution is 2.16.